The van der Waals surface area contributed by atoms with Crippen LogP contribution in [0.3, 0.4) is 0 Å². The van der Waals surface area contributed by atoms with Crippen molar-refractivity contribution in [2.24, 2.45) is 0 Å². The second kappa shape index (κ2) is 6.72. The number of hydroxylamine groups is 1. The van der Waals surface area contributed by atoms with E-state index in [1.54, 1.807) is 6.07 Å². The first-order chi connectivity index (χ1) is 10.8. The molecule has 6 heteroatoms. The van der Waals surface area contributed by atoms with E-state index < -0.39 is 5.91 Å². The molecule has 2 aromatic rings. The van der Waals surface area contributed by atoms with E-state index in [-0.39, 0.29) is 12.0 Å². The van der Waals surface area contributed by atoms with Gasteiger partial charge in [0.2, 0.25) is 5.88 Å². The molecule has 0 saturated carbocycles. The molecule has 2 heterocycles. The van der Waals surface area contributed by atoms with Gasteiger partial charge in [-0.2, -0.15) is 0 Å². The molecular weight excluding hydrogens is 284 g/mol. The molecule has 3 rings (SSSR count). The predicted octanol–water partition coefficient (Wildman–Crippen LogP) is 2.43. The highest BCUT2D eigenvalue weighted by Gasteiger charge is 2.18. The predicted molar refractivity (Wildman–Crippen MR) is 80.4 cm³/mol. The lowest BCUT2D eigenvalue weighted by Gasteiger charge is -2.22. The van der Waals surface area contributed by atoms with Crippen molar-refractivity contribution in [3.63, 3.8) is 0 Å². The Hall–Kier alpha value is -2.18. The van der Waals surface area contributed by atoms with E-state index in [0.717, 1.165) is 30.0 Å². The number of hydrogen-bond donors (Lipinski definition) is 1. The minimum Gasteiger partial charge on any atom is -0.481 e. The molecule has 0 bridgehead atoms. The molecule has 1 atom stereocenters. The maximum absolute atomic E-state index is 12.2. The molecule has 6 nitrogen and oxygen atoms in total. The van der Waals surface area contributed by atoms with Gasteiger partial charge in [-0.25, -0.2) is 15.3 Å². The van der Waals surface area contributed by atoms with Crippen LogP contribution in [0.5, 0.6) is 5.88 Å². The highest BCUT2D eigenvalue weighted by molar-refractivity contribution is 5.97. The minimum atomic E-state index is -0.418. The summed E-state index contributed by atoms with van der Waals surface area (Å²) in [4.78, 5) is 21.7. The van der Waals surface area contributed by atoms with E-state index >= 15 is 0 Å². The number of amides is 1. The Bertz CT molecular complexity index is 668. The van der Waals surface area contributed by atoms with Gasteiger partial charge in [-0.15, -0.1) is 0 Å². The van der Waals surface area contributed by atoms with Gasteiger partial charge < -0.3 is 9.47 Å². The van der Waals surface area contributed by atoms with Crippen molar-refractivity contribution in [1.82, 2.24) is 10.5 Å². The minimum absolute atomic E-state index is 0.242. The smallest absolute Gasteiger partial charge is 0.293 e. The lowest BCUT2D eigenvalue weighted by molar-refractivity contribution is -0.186. The third kappa shape index (κ3) is 3.18. The molecule has 22 heavy (non-hydrogen) atoms. The average Bonchev–Trinajstić information content (AvgIpc) is 2.59. The molecule has 0 radical (unpaired) electrons. The van der Waals surface area contributed by atoms with Gasteiger partial charge in [-0.05, 0) is 30.4 Å². The number of nitrogens with zero attached hydrogens (tertiary/aromatic N) is 1. The van der Waals surface area contributed by atoms with E-state index in [4.69, 9.17) is 14.3 Å². The Balaban J connectivity index is 1.75. The van der Waals surface area contributed by atoms with Crippen molar-refractivity contribution in [2.75, 3.05) is 13.7 Å². The van der Waals surface area contributed by atoms with Crippen LogP contribution < -0.4 is 10.2 Å². The van der Waals surface area contributed by atoms with Crippen LogP contribution in [0, 0.1) is 0 Å². The average molecular weight is 302 g/mol. The Morgan fingerprint density at radius 3 is 3.00 bits per heavy atom. The monoisotopic (exact) mass is 302 g/mol. The Kier molecular flexibility index (Phi) is 4.50. The summed E-state index contributed by atoms with van der Waals surface area (Å²) < 4.78 is 10.7. The molecule has 1 N–H and O–H groups in total. The molecule has 1 aromatic heterocycles. The number of nitrogens with one attached hydrogen (secondary N) is 1. The summed E-state index contributed by atoms with van der Waals surface area (Å²) in [6, 6.07) is 9.31. The number of carbonyl (C=O) groups is 1. The highest BCUT2D eigenvalue weighted by Crippen LogP contribution is 2.24. The number of pyridine rings is 1. The highest BCUT2D eigenvalue weighted by atomic mass is 16.8. The normalized spacial score (nSPS) is 18.1. The summed E-state index contributed by atoms with van der Waals surface area (Å²) in [6.07, 6.45) is 2.44. The number of ether oxygens (including phenoxy) is 2. The van der Waals surface area contributed by atoms with Crippen LogP contribution in [0.4, 0.5) is 0 Å². The summed E-state index contributed by atoms with van der Waals surface area (Å²) in [6.45, 7) is 0.655. The second-order valence-electron chi connectivity index (χ2n) is 5.08. The standard InChI is InChI=1S/C16H18N2O4/c1-20-16-12-7-3-2-6-11(12)10-13(17-16)15(19)18-22-14-8-4-5-9-21-14/h2-3,6-7,10,14H,4-5,8-9H2,1H3,(H,18,19). The first-order valence-corrected chi connectivity index (χ1v) is 7.29. The van der Waals surface area contributed by atoms with E-state index in [1.165, 1.54) is 7.11 Å². The van der Waals surface area contributed by atoms with Gasteiger partial charge in [0.25, 0.3) is 5.91 Å². The summed E-state index contributed by atoms with van der Waals surface area (Å²) in [7, 11) is 1.53. The number of methoxy groups -OCH3 is 1. The number of fused-ring (bicyclic) bond motifs is 1. The first kappa shape index (κ1) is 14.7. The van der Waals surface area contributed by atoms with Crippen LogP contribution in [-0.4, -0.2) is 30.9 Å². The van der Waals surface area contributed by atoms with Gasteiger partial charge >= 0.3 is 0 Å². The molecule has 1 aliphatic rings. The lowest BCUT2D eigenvalue weighted by Crippen LogP contribution is -2.33. The number of rotatable bonds is 4. The van der Waals surface area contributed by atoms with Crippen molar-refractivity contribution in [2.45, 2.75) is 25.6 Å². The molecule has 1 amide bonds. The third-order valence-corrected chi connectivity index (χ3v) is 3.55. The molecule has 0 spiro atoms. The number of benzene rings is 1. The van der Waals surface area contributed by atoms with E-state index in [1.807, 2.05) is 24.3 Å². The molecule has 1 fully saturated rings. The summed E-state index contributed by atoms with van der Waals surface area (Å²) >= 11 is 0. The largest absolute Gasteiger partial charge is 0.481 e. The van der Waals surface area contributed by atoms with Gasteiger partial charge in [0.15, 0.2) is 6.29 Å². The van der Waals surface area contributed by atoms with Gasteiger partial charge in [-0.1, -0.05) is 18.2 Å². The van der Waals surface area contributed by atoms with Crippen LogP contribution in [-0.2, 0) is 9.57 Å². The topological polar surface area (TPSA) is 69.7 Å². The Morgan fingerprint density at radius 1 is 1.36 bits per heavy atom. The zero-order valence-corrected chi connectivity index (χ0v) is 12.4. The molecule has 1 aromatic carbocycles. The van der Waals surface area contributed by atoms with Crippen molar-refractivity contribution >= 4 is 16.7 Å². The van der Waals surface area contributed by atoms with Crippen LogP contribution in [0.25, 0.3) is 10.8 Å². The van der Waals surface area contributed by atoms with Gasteiger partial charge in [-0.3, -0.25) is 4.79 Å². The molecule has 0 aliphatic carbocycles. The van der Waals surface area contributed by atoms with Crippen molar-refractivity contribution in [3.05, 3.63) is 36.0 Å². The van der Waals surface area contributed by atoms with Crippen LogP contribution in [0.2, 0.25) is 0 Å². The fourth-order valence-electron chi connectivity index (χ4n) is 2.41. The SMILES string of the molecule is COc1nc(C(=O)NOC2CCCCO2)cc2ccccc12. The zero-order chi connectivity index (χ0) is 15.4. The summed E-state index contributed by atoms with van der Waals surface area (Å²) in [5.41, 5.74) is 2.64. The number of aromatic nitrogens is 1. The van der Waals surface area contributed by atoms with Gasteiger partial charge in [0.05, 0.1) is 7.11 Å². The summed E-state index contributed by atoms with van der Waals surface area (Å²) in [5.74, 6) is -0.00427. The molecule has 1 saturated heterocycles. The fourth-order valence-corrected chi connectivity index (χ4v) is 2.41. The summed E-state index contributed by atoms with van der Waals surface area (Å²) in [5, 5.41) is 1.74. The third-order valence-electron chi connectivity index (χ3n) is 3.55. The first-order valence-electron chi connectivity index (χ1n) is 7.29. The number of hydrogen-bond acceptors (Lipinski definition) is 5. The second-order valence-corrected chi connectivity index (χ2v) is 5.08. The van der Waals surface area contributed by atoms with Crippen LogP contribution >= 0.6 is 0 Å². The Morgan fingerprint density at radius 2 is 2.23 bits per heavy atom. The zero-order valence-electron chi connectivity index (χ0n) is 12.4. The van der Waals surface area contributed by atoms with E-state index in [0.29, 0.717) is 12.5 Å². The van der Waals surface area contributed by atoms with E-state index in [9.17, 15) is 4.79 Å². The van der Waals surface area contributed by atoms with Gasteiger partial charge in [0.1, 0.15) is 5.69 Å². The van der Waals surface area contributed by atoms with Crippen molar-refractivity contribution in [1.29, 1.82) is 0 Å². The molecular formula is C16H18N2O4. The maximum atomic E-state index is 12.2. The maximum Gasteiger partial charge on any atom is 0.293 e. The lowest BCUT2D eigenvalue weighted by atomic mass is 10.1. The van der Waals surface area contributed by atoms with Crippen molar-refractivity contribution < 1.29 is 19.1 Å². The quantitative estimate of drug-likeness (QED) is 0.878. The van der Waals surface area contributed by atoms with E-state index in [2.05, 4.69) is 10.5 Å². The van der Waals surface area contributed by atoms with Crippen LogP contribution in [0.15, 0.2) is 30.3 Å². The fraction of sp³-hybridized carbons (Fsp3) is 0.375. The molecule has 1 aliphatic heterocycles. The molecule has 116 valence electrons. The van der Waals surface area contributed by atoms with Crippen molar-refractivity contribution in [3.8, 4) is 5.88 Å². The van der Waals surface area contributed by atoms with Crippen LogP contribution in [0.1, 0.15) is 29.8 Å². The number of carbonyl (C=O) groups excluding carboxylic acids is 1. The van der Waals surface area contributed by atoms with Gasteiger partial charge in [0, 0.05) is 18.4 Å². The molecule has 1 unspecified atom stereocenters. The Labute approximate surface area is 128 Å².